The summed E-state index contributed by atoms with van der Waals surface area (Å²) < 4.78 is 7.28. The zero-order valence-corrected chi connectivity index (χ0v) is 18.3. The number of nitrogens with one attached hydrogen (secondary N) is 2. The topological polar surface area (TPSA) is 214 Å². The number of amides is 1. The Morgan fingerprint density at radius 2 is 1.62 bits per heavy atom. The van der Waals surface area contributed by atoms with Gasteiger partial charge >= 0.3 is 0 Å². The normalized spacial score (nSPS) is 16.3. The van der Waals surface area contributed by atoms with Crippen LogP contribution in [0.5, 0.6) is 0 Å². The lowest BCUT2D eigenvalue weighted by Crippen LogP contribution is -2.19. The van der Waals surface area contributed by atoms with Crippen molar-refractivity contribution in [3.63, 3.8) is 0 Å². The molecule has 2 aromatic rings. The summed E-state index contributed by atoms with van der Waals surface area (Å²) in [5.74, 6) is -1.99. The number of H-pyrrole nitrogens is 1. The number of carbonyl (C=O) groups excluding carboxylic acids is 2. The average molecular weight is 457 g/mol. The smallest absolute Gasteiger partial charge is 0.300 e. The van der Waals surface area contributed by atoms with Crippen molar-refractivity contribution in [3.8, 4) is 0 Å². The number of hydrogen-bond acceptors (Lipinski definition) is 9. The molecular weight excluding hydrogens is 430 g/mol. The third kappa shape index (κ3) is 9.44. The second kappa shape index (κ2) is 13.6. The Morgan fingerprint density at radius 3 is 2.06 bits per heavy atom. The van der Waals surface area contributed by atoms with Crippen LogP contribution in [0.4, 0.5) is 5.95 Å². The van der Waals surface area contributed by atoms with Gasteiger partial charge in [-0.1, -0.05) is 0 Å². The van der Waals surface area contributed by atoms with Crippen molar-refractivity contribution in [3.05, 3.63) is 16.7 Å². The molecule has 2 unspecified atom stereocenters. The highest BCUT2D eigenvalue weighted by Gasteiger charge is 2.30. The number of aromatic nitrogens is 4. The van der Waals surface area contributed by atoms with Gasteiger partial charge in [-0.25, -0.2) is 4.98 Å². The van der Waals surface area contributed by atoms with Crippen LogP contribution < -0.4 is 10.9 Å². The number of rotatable bonds is 3. The van der Waals surface area contributed by atoms with Crippen molar-refractivity contribution in [1.82, 2.24) is 19.5 Å². The van der Waals surface area contributed by atoms with Crippen LogP contribution in [0.15, 0.2) is 11.1 Å². The van der Waals surface area contributed by atoms with E-state index in [1.807, 2.05) is 0 Å². The van der Waals surface area contributed by atoms with E-state index >= 15 is 0 Å². The quantitative estimate of drug-likeness (QED) is 0.417. The molecule has 0 aliphatic carbocycles. The maximum atomic E-state index is 12.0. The van der Waals surface area contributed by atoms with Gasteiger partial charge in [-0.2, -0.15) is 4.98 Å². The number of fused-ring (bicyclic) bond motifs is 1. The highest BCUT2D eigenvalue weighted by molar-refractivity contribution is 5.87. The summed E-state index contributed by atoms with van der Waals surface area (Å²) in [4.78, 5) is 63.1. The van der Waals surface area contributed by atoms with Gasteiger partial charge in [0.05, 0.1) is 6.33 Å². The lowest BCUT2D eigenvalue weighted by Gasteiger charge is -2.13. The first kappa shape index (κ1) is 28.3. The fraction of sp³-hybridized carbons (Fsp3) is 0.500. The van der Waals surface area contributed by atoms with Gasteiger partial charge in [0.15, 0.2) is 16.9 Å². The van der Waals surface area contributed by atoms with E-state index in [0.29, 0.717) is 18.5 Å². The molecule has 0 radical (unpaired) electrons. The second-order valence-corrected chi connectivity index (χ2v) is 6.23. The van der Waals surface area contributed by atoms with Crippen LogP contribution >= 0.6 is 0 Å². The number of carbonyl (C=O) groups is 4. The molecule has 3 rings (SSSR count). The predicted molar refractivity (Wildman–Crippen MR) is 111 cm³/mol. The van der Waals surface area contributed by atoms with Gasteiger partial charge in [0.1, 0.15) is 12.3 Å². The highest BCUT2D eigenvalue weighted by Crippen LogP contribution is 2.30. The van der Waals surface area contributed by atoms with E-state index in [2.05, 4.69) is 20.3 Å². The van der Waals surface area contributed by atoms with Crippen LogP contribution in [0.25, 0.3) is 11.2 Å². The average Bonchev–Trinajstić information content (AvgIpc) is 3.29. The maximum Gasteiger partial charge on any atom is 0.300 e. The molecule has 2 atom stereocenters. The maximum absolute atomic E-state index is 12.0. The number of nitrogens with zero attached hydrogens (tertiary/aromatic N) is 3. The number of aromatic amines is 1. The number of Topliss-reactive ketones (excluding diaryl/α,β-unsaturated/α-hetero) is 1. The fourth-order valence-electron chi connectivity index (χ4n) is 2.49. The van der Waals surface area contributed by atoms with Crippen LogP contribution in [0.2, 0.25) is 0 Å². The van der Waals surface area contributed by atoms with Gasteiger partial charge in [0, 0.05) is 27.9 Å². The van der Waals surface area contributed by atoms with Crippen LogP contribution in [0, 0.1) is 0 Å². The lowest BCUT2D eigenvalue weighted by atomic mass is 10.2. The van der Waals surface area contributed by atoms with E-state index in [9.17, 15) is 14.4 Å². The Morgan fingerprint density at radius 1 is 1.09 bits per heavy atom. The summed E-state index contributed by atoms with van der Waals surface area (Å²) in [6, 6.07) is 0. The van der Waals surface area contributed by atoms with Crippen molar-refractivity contribution >= 4 is 40.7 Å². The molecule has 14 nitrogen and oxygen atoms in total. The first-order chi connectivity index (χ1) is 14.9. The Kier molecular flexibility index (Phi) is 12.1. The molecule has 0 bridgehead atoms. The van der Waals surface area contributed by atoms with E-state index in [-0.39, 0.29) is 23.2 Å². The van der Waals surface area contributed by atoms with Crippen LogP contribution in [0.3, 0.4) is 0 Å². The molecular formula is C18H27N5O9. The number of anilines is 1. The van der Waals surface area contributed by atoms with E-state index in [0.717, 1.165) is 21.0 Å². The Labute approximate surface area is 182 Å². The molecule has 1 saturated heterocycles. The molecule has 1 aliphatic rings. The minimum absolute atomic E-state index is 0.0309. The molecule has 1 amide bonds. The zero-order valence-electron chi connectivity index (χ0n) is 18.3. The third-order valence-corrected chi connectivity index (χ3v) is 3.49. The summed E-state index contributed by atoms with van der Waals surface area (Å²) in [5.41, 5.74) is 0.0132. The molecule has 14 heteroatoms. The van der Waals surface area contributed by atoms with Gasteiger partial charge < -0.3 is 20.1 Å². The molecule has 32 heavy (non-hydrogen) atoms. The lowest BCUT2D eigenvalue weighted by molar-refractivity contribution is -0.135. The fourth-order valence-corrected chi connectivity index (χ4v) is 2.49. The van der Waals surface area contributed by atoms with Gasteiger partial charge in [-0.15, -0.1) is 0 Å². The van der Waals surface area contributed by atoms with Gasteiger partial charge in [-0.3, -0.25) is 38.8 Å². The van der Waals surface area contributed by atoms with Gasteiger partial charge in [0.25, 0.3) is 17.5 Å². The number of aliphatic hydroxyl groups is 1. The highest BCUT2D eigenvalue weighted by atomic mass is 16.5. The molecule has 0 spiro atoms. The van der Waals surface area contributed by atoms with Crippen LogP contribution in [0.1, 0.15) is 46.8 Å². The first-order valence-corrected chi connectivity index (χ1v) is 9.16. The summed E-state index contributed by atoms with van der Waals surface area (Å²) in [7, 11) is 1.00. The van der Waals surface area contributed by atoms with Crippen molar-refractivity contribution < 1.29 is 39.2 Å². The molecule has 2 aromatic heterocycles. The first-order valence-electron chi connectivity index (χ1n) is 9.16. The van der Waals surface area contributed by atoms with E-state index < -0.39 is 29.8 Å². The third-order valence-electron chi connectivity index (χ3n) is 3.49. The van der Waals surface area contributed by atoms with Crippen molar-refractivity contribution in [2.24, 2.45) is 0 Å². The number of carboxylic acids is 2. The minimum Gasteiger partial charge on any atom is -0.481 e. The SMILES string of the molecule is CC(=O)Nc1nc2c(ncn2C2CCC(C(C)=O)O2)c(=O)[nH]1.CC(=O)O.CC(=O)O.CO. The molecule has 178 valence electrons. The molecule has 0 saturated carbocycles. The number of ether oxygens (including phenoxy) is 1. The molecule has 5 N–H and O–H groups in total. The Bertz CT molecular complexity index is 978. The van der Waals surface area contributed by atoms with Crippen LogP contribution in [-0.4, -0.2) is 71.7 Å². The van der Waals surface area contributed by atoms with E-state index in [4.69, 9.17) is 29.6 Å². The number of imidazole rings is 1. The minimum atomic E-state index is -0.833. The molecule has 1 fully saturated rings. The molecule has 1 aliphatic heterocycles. The zero-order chi connectivity index (χ0) is 25.0. The molecule has 3 heterocycles. The Hall–Kier alpha value is -3.65. The summed E-state index contributed by atoms with van der Waals surface area (Å²) >= 11 is 0. The predicted octanol–water partition coefficient (Wildman–Crippen LogP) is 0.135. The van der Waals surface area contributed by atoms with Crippen molar-refractivity contribution in [2.45, 2.75) is 52.9 Å². The summed E-state index contributed by atoms with van der Waals surface area (Å²) in [6.45, 7) is 4.97. The van der Waals surface area contributed by atoms with E-state index in [1.54, 1.807) is 4.57 Å². The van der Waals surface area contributed by atoms with Crippen LogP contribution in [-0.2, 0) is 23.9 Å². The number of aliphatic hydroxyl groups excluding tert-OH is 1. The molecule has 0 aromatic carbocycles. The number of hydrogen-bond donors (Lipinski definition) is 5. The summed E-state index contributed by atoms with van der Waals surface area (Å²) in [5, 5.41) is 24.3. The number of aliphatic carboxylic acids is 2. The number of ketones is 1. The number of carboxylic acid groups (broad SMARTS) is 2. The van der Waals surface area contributed by atoms with Crippen molar-refractivity contribution in [1.29, 1.82) is 0 Å². The van der Waals surface area contributed by atoms with Gasteiger partial charge in [-0.05, 0) is 19.8 Å². The summed E-state index contributed by atoms with van der Waals surface area (Å²) in [6.07, 6.45) is 1.84. The second-order valence-electron chi connectivity index (χ2n) is 6.23. The largest absolute Gasteiger partial charge is 0.481 e. The Balaban J connectivity index is 0.000000821. The standard InChI is InChI=1S/C13H15N5O4.2C2H4O2.CH4O/c1-6(19)8-3-4-9(22-8)18-5-14-10-11(18)16-13(15-7(2)20)17-12(10)21;2*1-2(3)4;1-2/h5,8-9H,3-4H2,1-2H3,(H2,15,16,17,20,21);2*1H3,(H,3,4);2H,1H3. The van der Waals surface area contributed by atoms with Crippen molar-refractivity contribution in [2.75, 3.05) is 12.4 Å². The monoisotopic (exact) mass is 457 g/mol. The van der Waals surface area contributed by atoms with Gasteiger partial charge in [0.2, 0.25) is 11.9 Å². The van der Waals surface area contributed by atoms with E-state index in [1.165, 1.54) is 20.2 Å².